The van der Waals surface area contributed by atoms with Crippen molar-refractivity contribution in [3.05, 3.63) is 65.7 Å². The molecule has 2 aromatic heterocycles. The molecule has 4 rings (SSSR count). The normalized spacial score (nSPS) is 13.9. The Morgan fingerprint density at radius 2 is 1.79 bits per heavy atom. The number of anilines is 2. The fourth-order valence-electron chi connectivity index (χ4n) is 3.66. The van der Waals surface area contributed by atoms with Gasteiger partial charge in [0.25, 0.3) is 5.91 Å². The molecule has 1 saturated heterocycles. The number of aromatic nitrogens is 1. The lowest BCUT2D eigenvalue weighted by Gasteiger charge is -2.28. The molecular weight excluding hydrogens is 352 g/mol. The van der Waals surface area contributed by atoms with Gasteiger partial charge in [0.1, 0.15) is 23.0 Å². The van der Waals surface area contributed by atoms with Gasteiger partial charge in [-0.2, -0.15) is 5.26 Å². The SMILES string of the molecule is Cc1oc(-n2cccc2)c(C#N)c1C(=O)Nc1ccc(N2CCCCC2)cc1. The number of amides is 1. The van der Waals surface area contributed by atoms with Crippen molar-refractivity contribution in [1.29, 1.82) is 5.26 Å². The number of carbonyl (C=O) groups excluding carboxylic acids is 1. The van der Waals surface area contributed by atoms with E-state index in [1.807, 2.05) is 36.4 Å². The third kappa shape index (κ3) is 3.39. The van der Waals surface area contributed by atoms with Crippen molar-refractivity contribution in [3.8, 4) is 12.0 Å². The summed E-state index contributed by atoms with van der Waals surface area (Å²) in [5.41, 5.74) is 2.37. The van der Waals surface area contributed by atoms with E-state index in [0.29, 0.717) is 17.3 Å². The van der Waals surface area contributed by atoms with Gasteiger partial charge in [-0.15, -0.1) is 0 Å². The number of nitriles is 1. The number of hydrogen-bond acceptors (Lipinski definition) is 4. The Labute approximate surface area is 164 Å². The highest BCUT2D eigenvalue weighted by Gasteiger charge is 2.24. The van der Waals surface area contributed by atoms with Crippen molar-refractivity contribution in [3.63, 3.8) is 0 Å². The first kappa shape index (κ1) is 17.9. The Morgan fingerprint density at radius 1 is 1.11 bits per heavy atom. The van der Waals surface area contributed by atoms with Crippen molar-refractivity contribution < 1.29 is 9.21 Å². The number of furan rings is 1. The molecule has 0 aliphatic carbocycles. The molecule has 0 saturated carbocycles. The van der Waals surface area contributed by atoms with Gasteiger partial charge in [0, 0.05) is 36.9 Å². The summed E-state index contributed by atoms with van der Waals surface area (Å²) in [5.74, 6) is 0.431. The summed E-state index contributed by atoms with van der Waals surface area (Å²) < 4.78 is 7.40. The minimum absolute atomic E-state index is 0.233. The number of rotatable bonds is 4. The van der Waals surface area contributed by atoms with Crippen LogP contribution >= 0.6 is 0 Å². The molecule has 1 aromatic carbocycles. The Kier molecular flexibility index (Phi) is 4.90. The van der Waals surface area contributed by atoms with Gasteiger partial charge in [-0.1, -0.05) is 0 Å². The second kappa shape index (κ2) is 7.65. The first-order valence-corrected chi connectivity index (χ1v) is 9.50. The molecule has 0 atom stereocenters. The summed E-state index contributed by atoms with van der Waals surface area (Å²) >= 11 is 0. The number of piperidine rings is 1. The average Bonchev–Trinajstić information content (AvgIpc) is 3.36. The highest BCUT2D eigenvalue weighted by atomic mass is 16.4. The molecule has 6 heteroatoms. The lowest BCUT2D eigenvalue weighted by atomic mass is 10.1. The summed E-state index contributed by atoms with van der Waals surface area (Å²) in [5, 5.41) is 12.5. The zero-order valence-corrected chi connectivity index (χ0v) is 15.8. The van der Waals surface area contributed by atoms with Gasteiger partial charge in [0.05, 0.1) is 0 Å². The molecule has 1 amide bonds. The zero-order valence-electron chi connectivity index (χ0n) is 15.8. The molecule has 0 unspecified atom stereocenters. The van der Waals surface area contributed by atoms with E-state index in [1.165, 1.54) is 24.9 Å². The largest absolute Gasteiger partial charge is 0.443 e. The van der Waals surface area contributed by atoms with Gasteiger partial charge in [-0.25, -0.2) is 0 Å². The number of nitrogens with one attached hydrogen (secondary N) is 1. The maximum atomic E-state index is 12.8. The second-order valence-electron chi connectivity index (χ2n) is 6.96. The van der Waals surface area contributed by atoms with Crippen molar-refractivity contribution in [2.24, 2.45) is 0 Å². The van der Waals surface area contributed by atoms with Crippen LogP contribution in [0.3, 0.4) is 0 Å². The predicted octanol–water partition coefficient (Wildman–Crippen LogP) is 4.49. The van der Waals surface area contributed by atoms with Crippen LogP contribution in [-0.4, -0.2) is 23.6 Å². The number of hydrogen-bond donors (Lipinski definition) is 1. The molecule has 0 radical (unpaired) electrons. The maximum absolute atomic E-state index is 12.8. The van der Waals surface area contributed by atoms with E-state index in [-0.39, 0.29) is 17.0 Å². The second-order valence-corrected chi connectivity index (χ2v) is 6.96. The van der Waals surface area contributed by atoms with E-state index in [2.05, 4.69) is 16.3 Å². The molecule has 1 N–H and O–H groups in total. The third-order valence-electron chi connectivity index (χ3n) is 5.09. The Morgan fingerprint density at radius 3 is 2.43 bits per heavy atom. The fraction of sp³-hybridized carbons (Fsp3) is 0.273. The number of benzene rings is 1. The highest BCUT2D eigenvalue weighted by Crippen LogP contribution is 2.27. The fourth-order valence-corrected chi connectivity index (χ4v) is 3.66. The number of carbonyl (C=O) groups is 1. The summed E-state index contributed by atoms with van der Waals surface area (Å²) in [6.45, 7) is 3.85. The van der Waals surface area contributed by atoms with E-state index in [9.17, 15) is 10.1 Å². The standard InChI is InChI=1S/C22H22N4O2/c1-16-20(19(15-23)22(28-16)26-13-5-6-14-26)21(27)24-17-7-9-18(10-8-17)25-11-3-2-4-12-25/h5-10,13-14H,2-4,11-12H2,1H3,(H,24,27). The minimum Gasteiger partial charge on any atom is -0.443 e. The van der Waals surface area contributed by atoms with Gasteiger partial charge in [-0.05, 0) is 62.6 Å². The highest BCUT2D eigenvalue weighted by molar-refractivity contribution is 6.07. The van der Waals surface area contributed by atoms with Crippen LogP contribution in [0, 0.1) is 18.3 Å². The van der Waals surface area contributed by atoms with Gasteiger partial charge < -0.3 is 14.6 Å². The number of nitrogens with zero attached hydrogens (tertiary/aromatic N) is 3. The molecule has 6 nitrogen and oxygen atoms in total. The van der Waals surface area contributed by atoms with E-state index in [1.54, 1.807) is 23.9 Å². The quantitative estimate of drug-likeness (QED) is 0.730. The average molecular weight is 374 g/mol. The van der Waals surface area contributed by atoms with Crippen LogP contribution in [0.25, 0.3) is 5.88 Å². The van der Waals surface area contributed by atoms with Crippen molar-refractivity contribution >= 4 is 17.3 Å². The minimum atomic E-state index is -0.345. The van der Waals surface area contributed by atoms with E-state index in [4.69, 9.17) is 4.42 Å². The summed E-state index contributed by atoms with van der Waals surface area (Å²) in [7, 11) is 0. The van der Waals surface area contributed by atoms with Crippen molar-refractivity contribution in [2.75, 3.05) is 23.3 Å². The van der Waals surface area contributed by atoms with Crippen molar-refractivity contribution in [2.45, 2.75) is 26.2 Å². The zero-order chi connectivity index (χ0) is 19.5. The monoisotopic (exact) mass is 374 g/mol. The van der Waals surface area contributed by atoms with Gasteiger partial charge in [0.2, 0.25) is 5.88 Å². The molecule has 0 bridgehead atoms. The first-order valence-electron chi connectivity index (χ1n) is 9.50. The van der Waals surface area contributed by atoms with E-state index >= 15 is 0 Å². The lowest BCUT2D eigenvalue weighted by molar-refractivity contribution is 0.102. The molecule has 1 aliphatic rings. The predicted molar refractivity (Wildman–Crippen MR) is 108 cm³/mol. The third-order valence-corrected chi connectivity index (χ3v) is 5.09. The van der Waals surface area contributed by atoms with Gasteiger partial charge >= 0.3 is 0 Å². The van der Waals surface area contributed by atoms with Crippen LogP contribution in [-0.2, 0) is 0 Å². The Balaban J connectivity index is 1.55. The molecule has 142 valence electrons. The van der Waals surface area contributed by atoms with Gasteiger partial charge in [-0.3, -0.25) is 9.36 Å². The summed E-state index contributed by atoms with van der Waals surface area (Å²) in [6, 6.07) is 13.6. The molecule has 0 spiro atoms. The van der Waals surface area contributed by atoms with Crippen LogP contribution < -0.4 is 10.2 Å². The molecule has 1 fully saturated rings. The van der Waals surface area contributed by atoms with Crippen molar-refractivity contribution in [1.82, 2.24) is 4.57 Å². The Bertz CT molecular complexity index is 1000. The van der Waals surface area contributed by atoms with Crippen LogP contribution in [0.5, 0.6) is 0 Å². The first-order chi connectivity index (χ1) is 13.7. The lowest BCUT2D eigenvalue weighted by Crippen LogP contribution is -2.29. The Hall–Kier alpha value is -3.46. The molecule has 1 aliphatic heterocycles. The summed E-state index contributed by atoms with van der Waals surface area (Å²) in [4.78, 5) is 15.2. The number of aryl methyl sites for hydroxylation is 1. The van der Waals surface area contributed by atoms with Crippen LogP contribution in [0.1, 0.15) is 40.9 Å². The van der Waals surface area contributed by atoms with Crippen LogP contribution in [0.15, 0.2) is 53.2 Å². The molecule has 3 heterocycles. The molecular formula is C22H22N4O2. The van der Waals surface area contributed by atoms with Crippen LogP contribution in [0.4, 0.5) is 11.4 Å². The van der Waals surface area contributed by atoms with Gasteiger partial charge in [0.15, 0.2) is 0 Å². The maximum Gasteiger partial charge on any atom is 0.260 e. The van der Waals surface area contributed by atoms with E-state index in [0.717, 1.165) is 13.1 Å². The molecule has 3 aromatic rings. The molecule has 28 heavy (non-hydrogen) atoms. The van der Waals surface area contributed by atoms with Crippen LogP contribution in [0.2, 0.25) is 0 Å². The smallest absolute Gasteiger partial charge is 0.260 e. The topological polar surface area (TPSA) is 74.2 Å². The summed E-state index contributed by atoms with van der Waals surface area (Å²) in [6.07, 6.45) is 7.29. The van der Waals surface area contributed by atoms with E-state index < -0.39 is 0 Å².